The summed E-state index contributed by atoms with van der Waals surface area (Å²) in [7, 11) is 0. The van der Waals surface area contributed by atoms with E-state index in [0.29, 0.717) is 12.1 Å². The molecule has 1 saturated heterocycles. The van der Waals surface area contributed by atoms with Gasteiger partial charge in [-0.15, -0.1) is 6.58 Å². The zero-order valence-electron chi connectivity index (χ0n) is 10.8. The van der Waals surface area contributed by atoms with Gasteiger partial charge in [-0.3, -0.25) is 4.90 Å². The molecule has 2 heterocycles. The number of hydrogen-bond acceptors (Lipinski definition) is 2. The molecule has 0 radical (unpaired) electrons. The predicted molar refractivity (Wildman–Crippen MR) is 73.3 cm³/mol. The summed E-state index contributed by atoms with van der Waals surface area (Å²) in [5, 5.41) is 10.1. The summed E-state index contributed by atoms with van der Waals surface area (Å²) in [4.78, 5) is 2.50. The van der Waals surface area contributed by atoms with Crippen LogP contribution in [0.15, 0.2) is 36.9 Å². The lowest BCUT2D eigenvalue weighted by atomic mass is 9.92. The number of rotatable bonds is 5. The molecule has 3 rings (SSSR count). The van der Waals surface area contributed by atoms with Crippen molar-refractivity contribution in [2.45, 2.75) is 43.9 Å². The first-order valence-corrected chi connectivity index (χ1v) is 6.95. The molecule has 96 valence electrons. The maximum absolute atomic E-state index is 10.1. The highest BCUT2D eigenvalue weighted by atomic mass is 16.3. The van der Waals surface area contributed by atoms with Crippen LogP contribution in [0.5, 0.6) is 0 Å². The minimum atomic E-state index is -0.222. The van der Waals surface area contributed by atoms with Crippen molar-refractivity contribution in [3.63, 3.8) is 0 Å². The molecule has 2 nitrogen and oxygen atoms in total. The quantitative estimate of drug-likeness (QED) is 0.803. The number of nitrogens with zero attached hydrogens (tertiary/aromatic N) is 1. The van der Waals surface area contributed by atoms with Crippen molar-refractivity contribution < 1.29 is 5.11 Å². The van der Waals surface area contributed by atoms with Gasteiger partial charge in [-0.2, -0.15) is 0 Å². The van der Waals surface area contributed by atoms with Crippen molar-refractivity contribution in [3.8, 4) is 0 Å². The van der Waals surface area contributed by atoms with Gasteiger partial charge in [0.2, 0.25) is 0 Å². The van der Waals surface area contributed by atoms with Crippen LogP contribution in [-0.2, 0) is 0 Å². The van der Waals surface area contributed by atoms with E-state index < -0.39 is 0 Å². The Balaban J connectivity index is 1.72. The van der Waals surface area contributed by atoms with Gasteiger partial charge in [0.1, 0.15) is 0 Å². The molecule has 0 aliphatic carbocycles. The van der Waals surface area contributed by atoms with Gasteiger partial charge in [0.15, 0.2) is 0 Å². The van der Waals surface area contributed by atoms with E-state index in [-0.39, 0.29) is 6.10 Å². The summed E-state index contributed by atoms with van der Waals surface area (Å²) < 4.78 is 0. The molecule has 0 saturated carbocycles. The molecular formula is C16H21NO. The monoisotopic (exact) mass is 243 g/mol. The number of fused-ring (bicyclic) bond motifs is 5. The molecule has 18 heavy (non-hydrogen) atoms. The summed E-state index contributed by atoms with van der Waals surface area (Å²) >= 11 is 0. The number of hydrogen-bond donors (Lipinski definition) is 1. The van der Waals surface area contributed by atoms with Gasteiger partial charge in [-0.05, 0) is 36.8 Å². The molecule has 3 atom stereocenters. The lowest BCUT2D eigenvalue weighted by Crippen LogP contribution is -2.30. The van der Waals surface area contributed by atoms with Crippen LogP contribution < -0.4 is 0 Å². The number of aliphatic hydroxyl groups excluding tert-OH is 1. The fourth-order valence-electron chi connectivity index (χ4n) is 3.55. The number of aliphatic hydroxyl groups is 1. The lowest BCUT2D eigenvalue weighted by molar-refractivity contribution is 0.0877. The number of allylic oxidation sites excluding steroid dienone is 1. The van der Waals surface area contributed by atoms with E-state index in [9.17, 15) is 5.11 Å². The molecule has 0 spiro atoms. The second-order valence-corrected chi connectivity index (χ2v) is 5.45. The summed E-state index contributed by atoms with van der Waals surface area (Å²) in [5.41, 5.74) is 2.98. The molecule has 1 fully saturated rings. The van der Waals surface area contributed by atoms with Gasteiger partial charge in [-0.25, -0.2) is 0 Å². The third-order valence-corrected chi connectivity index (χ3v) is 4.35. The third-order valence-electron chi connectivity index (χ3n) is 4.35. The highest BCUT2D eigenvalue weighted by molar-refractivity contribution is 5.39. The lowest BCUT2D eigenvalue weighted by Gasteiger charge is -2.24. The van der Waals surface area contributed by atoms with Crippen LogP contribution in [0.1, 0.15) is 48.9 Å². The van der Waals surface area contributed by atoms with Crippen molar-refractivity contribution in [2.24, 2.45) is 0 Å². The van der Waals surface area contributed by atoms with Crippen LogP contribution in [0.4, 0.5) is 0 Å². The maximum Gasteiger partial charge on any atom is 0.0670 e. The first-order chi connectivity index (χ1) is 8.81. The molecule has 1 aromatic rings. The average Bonchev–Trinajstić information content (AvgIpc) is 2.92. The highest BCUT2D eigenvalue weighted by Crippen LogP contribution is 2.52. The summed E-state index contributed by atoms with van der Waals surface area (Å²) in [5.74, 6) is 0. The molecule has 0 aromatic heterocycles. The highest BCUT2D eigenvalue weighted by Gasteiger charge is 2.43. The fourth-order valence-corrected chi connectivity index (χ4v) is 3.55. The molecule has 2 heteroatoms. The molecule has 2 aliphatic heterocycles. The van der Waals surface area contributed by atoms with E-state index in [1.54, 1.807) is 0 Å². The zero-order chi connectivity index (χ0) is 12.5. The second kappa shape index (κ2) is 4.87. The Morgan fingerprint density at radius 1 is 1.28 bits per heavy atom. The van der Waals surface area contributed by atoms with Crippen LogP contribution in [0.25, 0.3) is 0 Å². The van der Waals surface area contributed by atoms with E-state index in [2.05, 4.69) is 35.7 Å². The summed E-state index contributed by atoms with van der Waals surface area (Å²) in [6.45, 7) is 4.52. The average molecular weight is 243 g/mol. The van der Waals surface area contributed by atoms with Crippen molar-refractivity contribution in [1.29, 1.82) is 0 Å². The fraction of sp³-hybridized carbons (Fsp3) is 0.500. The summed E-state index contributed by atoms with van der Waals surface area (Å²) in [6, 6.07) is 9.86. The van der Waals surface area contributed by atoms with Crippen molar-refractivity contribution in [1.82, 2.24) is 4.90 Å². The Hall–Kier alpha value is -1.12. The van der Waals surface area contributed by atoms with Gasteiger partial charge in [-0.1, -0.05) is 30.3 Å². The second-order valence-electron chi connectivity index (χ2n) is 5.45. The van der Waals surface area contributed by atoms with Crippen LogP contribution in [0.3, 0.4) is 0 Å². The van der Waals surface area contributed by atoms with Gasteiger partial charge in [0.25, 0.3) is 0 Å². The van der Waals surface area contributed by atoms with E-state index in [1.165, 1.54) is 24.0 Å². The van der Waals surface area contributed by atoms with E-state index >= 15 is 0 Å². The van der Waals surface area contributed by atoms with Crippen molar-refractivity contribution >= 4 is 0 Å². The minimum absolute atomic E-state index is 0.222. The first-order valence-electron chi connectivity index (χ1n) is 6.95. The molecule has 0 unspecified atom stereocenters. The standard InChI is InChI=1S/C16H21NO/c1-2-3-6-12(18)11-17-15-9-10-16(17)14-8-5-4-7-13(14)15/h2,4-5,7-8,12,15-16,18H,1,3,6,9-11H2/t12-,15-,16-/m0/s1. The number of benzene rings is 1. The van der Waals surface area contributed by atoms with Crippen LogP contribution >= 0.6 is 0 Å². The zero-order valence-corrected chi connectivity index (χ0v) is 10.8. The predicted octanol–water partition coefficient (Wildman–Crippen LogP) is 3.21. The minimum Gasteiger partial charge on any atom is -0.392 e. The molecule has 2 bridgehead atoms. The Labute approximate surface area is 109 Å². The van der Waals surface area contributed by atoms with E-state index in [4.69, 9.17) is 0 Å². The topological polar surface area (TPSA) is 23.5 Å². The third kappa shape index (κ3) is 1.90. The van der Waals surface area contributed by atoms with E-state index in [1.807, 2.05) is 6.08 Å². The van der Waals surface area contributed by atoms with Gasteiger partial charge >= 0.3 is 0 Å². The van der Waals surface area contributed by atoms with Gasteiger partial charge in [0, 0.05) is 18.6 Å². The van der Waals surface area contributed by atoms with E-state index in [0.717, 1.165) is 19.4 Å². The van der Waals surface area contributed by atoms with Crippen LogP contribution in [-0.4, -0.2) is 22.7 Å². The molecule has 0 amide bonds. The van der Waals surface area contributed by atoms with Gasteiger partial charge in [0.05, 0.1) is 6.10 Å². The van der Waals surface area contributed by atoms with Gasteiger partial charge < -0.3 is 5.11 Å². The van der Waals surface area contributed by atoms with Crippen LogP contribution in [0.2, 0.25) is 0 Å². The van der Waals surface area contributed by atoms with Crippen LogP contribution in [0, 0.1) is 0 Å². The Bertz CT molecular complexity index is 411. The normalized spacial score (nSPS) is 27.2. The molecule has 1 N–H and O–H groups in total. The van der Waals surface area contributed by atoms with Crippen molar-refractivity contribution in [2.75, 3.05) is 6.54 Å². The molecular weight excluding hydrogens is 222 g/mol. The Kier molecular flexibility index (Phi) is 3.23. The first kappa shape index (κ1) is 11.9. The maximum atomic E-state index is 10.1. The Morgan fingerprint density at radius 3 is 2.44 bits per heavy atom. The summed E-state index contributed by atoms with van der Waals surface area (Å²) in [6.07, 6.45) is 5.88. The molecule has 1 aromatic carbocycles. The smallest absolute Gasteiger partial charge is 0.0670 e. The largest absolute Gasteiger partial charge is 0.392 e. The molecule has 2 aliphatic rings. The SMILES string of the molecule is C=CCC[C@H](O)CN1[C@H]2CC[C@H]1c1ccccc12. The Morgan fingerprint density at radius 2 is 1.89 bits per heavy atom. The van der Waals surface area contributed by atoms with Crippen molar-refractivity contribution in [3.05, 3.63) is 48.0 Å².